The fourth-order valence-corrected chi connectivity index (χ4v) is 3.74. The summed E-state index contributed by atoms with van der Waals surface area (Å²) in [6.07, 6.45) is -5.18. The van der Waals surface area contributed by atoms with Crippen LogP contribution in [0.4, 0.5) is 24.5 Å². The number of carbonyl (C=O) groups is 1. The Morgan fingerprint density at radius 2 is 1.61 bits per heavy atom. The normalized spacial score (nSPS) is 12.3. The van der Waals surface area contributed by atoms with Gasteiger partial charge in [0.15, 0.2) is 0 Å². The lowest BCUT2D eigenvalue weighted by Gasteiger charge is -2.11. The first kappa shape index (κ1) is 24.4. The van der Waals surface area contributed by atoms with E-state index in [1.807, 2.05) is 4.72 Å². The largest absolute Gasteiger partial charge is 0.573 e. The summed E-state index contributed by atoms with van der Waals surface area (Å²) in [4.78, 5) is 11.7. The minimum atomic E-state index is -4.90. The molecule has 0 bridgehead atoms. The van der Waals surface area contributed by atoms with Crippen molar-refractivity contribution in [2.45, 2.75) is 17.7 Å². The molecule has 0 aliphatic carbocycles. The average molecular weight is 482 g/mol. The maximum Gasteiger partial charge on any atom is 0.573 e. The van der Waals surface area contributed by atoms with Crippen LogP contribution in [0, 0.1) is 0 Å². The van der Waals surface area contributed by atoms with Gasteiger partial charge in [0.05, 0.1) is 10.6 Å². The zero-order valence-corrected chi connectivity index (χ0v) is 17.1. The van der Waals surface area contributed by atoms with Gasteiger partial charge in [-0.25, -0.2) is 18.3 Å². The number of sulfonamides is 1. The van der Waals surface area contributed by atoms with E-state index in [-0.39, 0.29) is 29.2 Å². The molecule has 10 nitrogen and oxygen atoms in total. The molecule has 2 rings (SSSR count). The molecule has 5 N–H and O–H groups in total. The lowest BCUT2D eigenvalue weighted by Crippen LogP contribution is -2.28. The van der Waals surface area contributed by atoms with E-state index >= 15 is 0 Å². The Labute approximate surface area is 175 Å². The third-order valence-corrected chi connectivity index (χ3v) is 5.42. The van der Waals surface area contributed by atoms with Crippen LogP contribution in [0.25, 0.3) is 0 Å². The molecule has 0 spiro atoms. The topological polar surface area (TPSA) is 157 Å². The van der Waals surface area contributed by atoms with Gasteiger partial charge in [-0.3, -0.25) is 9.52 Å². The number of alkyl halides is 3. The third-order valence-electron chi connectivity index (χ3n) is 3.42. The Bertz CT molecular complexity index is 1140. The number of rotatable bonds is 9. The first-order valence-electron chi connectivity index (χ1n) is 8.29. The van der Waals surface area contributed by atoms with Crippen molar-refractivity contribution in [2.75, 3.05) is 16.6 Å². The number of halogens is 3. The molecule has 170 valence electrons. The van der Waals surface area contributed by atoms with Crippen LogP contribution >= 0.6 is 0 Å². The minimum absolute atomic E-state index is 0.110. The predicted molar refractivity (Wildman–Crippen MR) is 105 cm³/mol. The van der Waals surface area contributed by atoms with Crippen molar-refractivity contribution in [1.29, 1.82) is 0 Å². The zero-order chi connectivity index (χ0) is 23.3. The maximum absolute atomic E-state index is 12.2. The van der Waals surface area contributed by atoms with Crippen molar-refractivity contribution in [3.8, 4) is 5.75 Å². The lowest BCUT2D eigenvalue weighted by molar-refractivity contribution is -0.274. The molecule has 0 atom stereocenters. The Morgan fingerprint density at radius 1 is 1.00 bits per heavy atom. The van der Waals surface area contributed by atoms with Crippen LogP contribution in [0.2, 0.25) is 0 Å². The van der Waals surface area contributed by atoms with Crippen molar-refractivity contribution in [3.63, 3.8) is 0 Å². The van der Waals surface area contributed by atoms with Crippen molar-refractivity contribution < 1.29 is 39.5 Å². The monoisotopic (exact) mass is 482 g/mol. The molecule has 0 aliphatic rings. The summed E-state index contributed by atoms with van der Waals surface area (Å²) in [5.41, 5.74) is 0.348. The third kappa shape index (κ3) is 8.79. The molecular weight excluding hydrogens is 465 g/mol. The van der Waals surface area contributed by atoms with Gasteiger partial charge in [-0.05, 0) is 42.5 Å². The first-order chi connectivity index (χ1) is 14.2. The van der Waals surface area contributed by atoms with Crippen LogP contribution in [0.1, 0.15) is 6.42 Å². The summed E-state index contributed by atoms with van der Waals surface area (Å²) in [6.45, 7) is -0.301. The second-order valence-corrected chi connectivity index (χ2v) is 9.00. The molecule has 0 heterocycles. The van der Waals surface area contributed by atoms with Crippen LogP contribution in [0.5, 0.6) is 5.75 Å². The van der Waals surface area contributed by atoms with E-state index in [4.69, 9.17) is 5.14 Å². The number of anilines is 2. The van der Waals surface area contributed by atoms with E-state index in [0.29, 0.717) is 0 Å². The van der Waals surface area contributed by atoms with Crippen LogP contribution in [-0.4, -0.2) is 35.6 Å². The standard InChI is InChI=1S/C16H17F3N4O6S2/c17-16(18,19)29-13-4-6-14(7-5-13)30(25,26)21-9-8-15(24)22-11-2-1-3-12(10-11)23-31(20,27)28/h1-7,10,21,23H,8-9H2,(H,22,24)(H2,20,27,28). The highest BCUT2D eigenvalue weighted by molar-refractivity contribution is 7.90. The lowest BCUT2D eigenvalue weighted by atomic mass is 10.2. The Balaban J connectivity index is 1.89. The number of hydrogen-bond acceptors (Lipinski definition) is 6. The highest BCUT2D eigenvalue weighted by Crippen LogP contribution is 2.23. The summed E-state index contributed by atoms with van der Waals surface area (Å²) in [6, 6.07) is 9.17. The Kier molecular flexibility index (Phi) is 7.48. The van der Waals surface area contributed by atoms with E-state index in [1.165, 1.54) is 24.3 Å². The quantitative estimate of drug-likeness (QED) is 0.424. The second-order valence-electron chi connectivity index (χ2n) is 5.94. The molecule has 0 aromatic heterocycles. The molecule has 1 amide bonds. The number of carbonyl (C=O) groups excluding carboxylic acids is 1. The van der Waals surface area contributed by atoms with E-state index in [2.05, 4.69) is 14.8 Å². The summed E-state index contributed by atoms with van der Waals surface area (Å²) in [5, 5.41) is 7.31. The molecule has 31 heavy (non-hydrogen) atoms. The van der Waals surface area contributed by atoms with Crippen LogP contribution in [0.15, 0.2) is 53.4 Å². The van der Waals surface area contributed by atoms with Gasteiger partial charge in [0.25, 0.3) is 10.2 Å². The molecule has 0 aliphatic heterocycles. The molecule has 0 saturated carbocycles. The fourth-order valence-electron chi connectivity index (χ4n) is 2.25. The second kappa shape index (κ2) is 9.51. The number of amides is 1. The molecule has 0 radical (unpaired) electrons. The summed E-state index contributed by atoms with van der Waals surface area (Å²) in [5.74, 6) is -1.16. The molecule has 15 heteroatoms. The number of nitrogens with two attached hydrogens (primary N) is 1. The molecule has 2 aromatic carbocycles. The van der Waals surface area contributed by atoms with Gasteiger partial charge in [-0.15, -0.1) is 13.2 Å². The van der Waals surface area contributed by atoms with Gasteiger partial charge < -0.3 is 10.1 Å². The fraction of sp³-hybridized carbons (Fsp3) is 0.188. The highest BCUT2D eigenvalue weighted by atomic mass is 32.2. The van der Waals surface area contributed by atoms with Crippen molar-refractivity contribution in [1.82, 2.24) is 4.72 Å². The van der Waals surface area contributed by atoms with Crippen LogP contribution in [0.3, 0.4) is 0 Å². The van der Waals surface area contributed by atoms with Gasteiger partial charge in [-0.1, -0.05) is 6.07 Å². The number of ether oxygens (including phenoxy) is 1. The smallest absolute Gasteiger partial charge is 0.406 e. The first-order valence-corrected chi connectivity index (χ1v) is 11.3. The average Bonchev–Trinajstić information content (AvgIpc) is 2.59. The SMILES string of the molecule is NS(=O)(=O)Nc1cccc(NC(=O)CCNS(=O)(=O)c2ccc(OC(F)(F)F)cc2)c1. The predicted octanol–water partition coefficient (Wildman–Crippen LogP) is 1.51. The van der Waals surface area contributed by atoms with Crippen LogP contribution < -0.4 is 24.6 Å². The van der Waals surface area contributed by atoms with Gasteiger partial charge in [0.1, 0.15) is 5.75 Å². The van der Waals surface area contributed by atoms with E-state index in [9.17, 15) is 34.8 Å². The summed E-state index contributed by atoms with van der Waals surface area (Å²) < 4.78 is 90.6. The Morgan fingerprint density at radius 3 is 2.19 bits per heavy atom. The van der Waals surface area contributed by atoms with Gasteiger partial charge >= 0.3 is 6.36 Å². The molecule has 0 unspecified atom stereocenters. The molecule has 2 aromatic rings. The molecule has 0 fully saturated rings. The number of nitrogens with one attached hydrogen (secondary N) is 3. The van der Waals surface area contributed by atoms with Crippen molar-refractivity contribution in [2.24, 2.45) is 5.14 Å². The van der Waals surface area contributed by atoms with Gasteiger partial charge in [0, 0.05) is 18.7 Å². The van der Waals surface area contributed by atoms with E-state index < -0.39 is 38.3 Å². The minimum Gasteiger partial charge on any atom is -0.406 e. The molecular formula is C16H17F3N4O6S2. The van der Waals surface area contributed by atoms with E-state index in [1.54, 1.807) is 0 Å². The van der Waals surface area contributed by atoms with Gasteiger partial charge in [0.2, 0.25) is 15.9 Å². The van der Waals surface area contributed by atoms with Gasteiger partial charge in [-0.2, -0.15) is 8.42 Å². The van der Waals surface area contributed by atoms with Crippen molar-refractivity contribution in [3.05, 3.63) is 48.5 Å². The Hall–Kier alpha value is -2.88. The van der Waals surface area contributed by atoms with Crippen LogP contribution in [-0.2, 0) is 25.0 Å². The number of benzene rings is 2. The maximum atomic E-state index is 12.2. The highest BCUT2D eigenvalue weighted by Gasteiger charge is 2.31. The summed E-state index contributed by atoms with van der Waals surface area (Å²) in [7, 11) is -8.07. The van der Waals surface area contributed by atoms with Crippen molar-refractivity contribution >= 4 is 37.5 Å². The molecule has 0 saturated heterocycles. The zero-order valence-electron chi connectivity index (χ0n) is 15.5. The van der Waals surface area contributed by atoms with E-state index in [0.717, 1.165) is 24.3 Å². The number of hydrogen-bond donors (Lipinski definition) is 4. The summed E-state index contributed by atoms with van der Waals surface area (Å²) >= 11 is 0.